The van der Waals surface area contributed by atoms with Crippen molar-refractivity contribution in [1.82, 2.24) is 14.8 Å². The number of thioether (sulfide) groups is 1. The van der Waals surface area contributed by atoms with E-state index in [4.69, 9.17) is 4.74 Å². The Morgan fingerprint density at radius 2 is 2.00 bits per heavy atom. The van der Waals surface area contributed by atoms with Crippen molar-refractivity contribution in [3.63, 3.8) is 0 Å². The van der Waals surface area contributed by atoms with Crippen LogP contribution in [0.3, 0.4) is 0 Å². The topological polar surface area (TPSA) is 60.2 Å². The van der Waals surface area contributed by atoms with Gasteiger partial charge in [0.2, 0.25) is 5.91 Å². The van der Waals surface area contributed by atoms with Crippen LogP contribution in [0.25, 0.3) is 11.4 Å². The molecule has 3 aromatic rings. The molecular weight excluding hydrogens is 396 g/mol. The highest BCUT2D eigenvalue weighted by Gasteiger charge is 2.29. The van der Waals surface area contributed by atoms with Crippen LogP contribution in [-0.4, -0.2) is 39.6 Å². The molecule has 1 atom stereocenters. The number of methoxy groups -OCH3 is 1. The molecular formula is C23H24N4O2S. The van der Waals surface area contributed by atoms with Gasteiger partial charge in [0.05, 0.1) is 12.4 Å². The molecule has 0 spiro atoms. The molecule has 0 radical (unpaired) electrons. The minimum absolute atomic E-state index is 0.0871. The average molecular weight is 421 g/mol. The van der Waals surface area contributed by atoms with Gasteiger partial charge in [-0.2, -0.15) is 0 Å². The molecule has 7 heteroatoms. The van der Waals surface area contributed by atoms with Gasteiger partial charge >= 0.3 is 0 Å². The number of hydrogen-bond acceptors (Lipinski definition) is 5. The first kappa shape index (κ1) is 20.2. The predicted molar refractivity (Wildman–Crippen MR) is 120 cm³/mol. The molecule has 30 heavy (non-hydrogen) atoms. The molecule has 2 heterocycles. The number of anilines is 1. The Labute approximate surface area is 180 Å². The molecule has 154 valence electrons. The van der Waals surface area contributed by atoms with Gasteiger partial charge in [0, 0.05) is 24.3 Å². The zero-order valence-corrected chi connectivity index (χ0v) is 17.9. The van der Waals surface area contributed by atoms with E-state index in [0.29, 0.717) is 11.7 Å². The van der Waals surface area contributed by atoms with Crippen LogP contribution in [0, 0.1) is 0 Å². The smallest absolute Gasteiger partial charge is 0.240 e. The number of fused-ring (bicyclic) bond motifs is 1. The minimum atomic E-state index is -0.285. The van der Waals surface area contributed by atoms with Crippen LogP contribution in [0.5, 0.6) is 5.75 Å². The second-order valence-electron chi connectivity index (χ2n) is 7.06. The van der Waals surface area contributed by atoms with Gasteiger partial charge in [-0.05, 0) is 49.2 Å². The van der Waals surface area contributed by atoms with Crippen LogP contribution in [-0.2, 0) is 17.8 Å². The standard InChI is InChI=1S/C23H24N4O2S/c1-4-14-27-21(18-9-11-19(29-3)12-10-18)24-25-23(27)30-16(2)22(28)26-15-13-17-7-5-6-8-20(17)26/h4-12,16H,1,13-15H2,2-3H3. The van der Waals surface area contributed by atoms with Crippen LogP contribution in [0.4, 0.5) is 5.69 Å². The van der Waals surface area contributed by atoms with Gasteiger partial charge < -0.3 is 9.64 Å². The molecule has 6 nitrogen and oxygen atoms in total. The molecule has 0 saturated heterocycles. The van der Waals surface area contributed by atoms with E-state index in [-0.39, 0.29) is 11.2 Å². The molecule has 1 aromatic heterocycles. The van der Waals surface area contributed by atoms with E-state index in [9.17, 15) is 4.79 Å². The third-order valence-electron chi connectivity index (χ3n) is 5.16. The molecule has 0 aliphatic carbocycles. The average Bonchev–Trinajstić information content (AvgIpc) is 3.38. The monoisotopic (exact) mass is 420 g/mol. The molecule has 1 aliphatic heterocycles. The first-order chi connectivity index (χ1) is 14.6. The minimum Gasteiger partial charge on any atom is -0.497 e. The number of carbonyl (C=O) groups is 1. The fourth-order valence-electron chi connectivity index (χ4n) is 3.62. The van der Waals surface area contributed by atoms with Crippen molar-refractivity contribution < 1.29 is 9.53 Å². The number of carbonyl (C=O) groups excluding carboxylic acids is 1. The van der Waals surface area contributed by atoms with Gasteiger partial charge in [-0.15, -0.1) is 16.8 Å². The lowest BCUT2D eigenvalue weighted by Gasteiger charge is -2.21. The van der Waals surface area contributed by atoms with Crippen molar-refractivity contribution in [2.45, 2.75) is 30.3 Å². The predicted octanol–water partition coefficient (Wildman–Crippen LogP) is 4.21. The lowest BCUT2D eigenvalue weighted by Crippen LogP contribution is -2.35. The van der Waals surface area contributed by atoms with Crippen LogP contribution in [0.2, 0.25) is 0 Å². The van der Waals surface area contributed by atoms with Crippen LogP contribution in [0.15, 0.2) is 66.3 Å². The fraction of sp³-hybridized carbons (Fsp3) is 0.261. The molecule has 0 bridgehead atoms. The molecule has 1 aliphatic rings. The SMILES string of the molecule is C=CCn1c(SC(C)C(=O)N2CCc3ccccc32)nnc1-c1ccc(OC)cc1. The van der Waals surface area contributed by atoms with E-state index < -0.39 is 0 Å². The fourth-order valence-corrected chi connectivity index (χ4v) is 4.54. The Morgan fingerprint density at radius 3 is 2.73 bits per heavy atom. The summed E-state index contributed by atoms with van der Waals surface area (Å²) < 4.78 is 7.22. The number of benzene rings is 2. The van der Waals surface area contributed by atoms with Crippen molar-refractivity contribution in [3.05, 3.63) is 66.7 Å². The molecule has 2 aromatic carbocycles. The van der Waals surface area contributed by atoms with Crippen molar-refractivity contribution >= 4 is 23.4 Å². The number of rotatable bonds is 7. The Bertz CT molecular complexity index is 1060. The Hall–Kier alpha value is -3.06. The third kappa shape index (κ3) is 3.85. The zero-order valence-electron chi connectivity index (χ0n) is 17.1. The van der Waals surface area contributed by atoms with Crippen molar-refractivity contribution in [1.29, 1.82) is 0 Å². The summed E-state index contributed by atoms with van der Waals surface area (Å²) in [6.45, 7) is 7.07. The first-order valence-electron chi connectivity index (χ1n) is 9.87. The van der Waals surface area contributed by atoms with Crippen molar-refractivity contribution in [2.24, 2.45) is 0 Å². The number of ether oxygens (including phenoxy) is 1. The maximum Gasteiger partial charge on any atom is 0.240 e. The summed E-state index contributed by atoms with van der Waals surface area (Å²) in [7, 11) is 1.64. The third-order valence-corrected chi connectivity index (χ3v) is 6.23. The summed E-state index contributed by atoms with van der Waals surface area (Å²) in [6.07, 6.45) is 2.71. The van der Waals surface area contributed by atoms with Crippen LogP contribution < -0.4 is 9.64 Å². The lowest BCUT2D eigenvalue weighted by atomic mass is 10.2. The number of hydrogen-bond donors (Lipinski definition) is 0. The number of para-hydroxylation sites is 1. The number of amides is 1. The maximum absolute atomic E-state index is 13.1. The van der Waals surface area contributed by atoms with Crippen LogP contribution in [0.1, 0.15) is 12.5 Å². The van der Waals surface area contributed by atoms with E-state index in [2.05, 4.69) is 22.8 Å². The molecule has 4 rings (SSSR count). The Balaban J connectivity index is 1.56. The number of nitrogens with zero attached hydrogens (tertiary/aromatic N) is 4. The molecule has 1 amide bonds. The summed E-state index contributed by atoms with van der Waals surface area (Å²) >= 11 is 1.43. The van der Waals surface area contributed by atoms with E-state index >= 15 is 0 Å². The number of allylic oxidation sites excluding steroid dienone is 1. The van der Waals surface area contributed by atoms with Crippen LogP contribution >= 0.6 is 11.8 Å². The normalized spacial score (nSPS) is 13.7. The first-order valence-corrected chi connectivity index (χ1v) is 10.7. The summed E-state index contributed by atoms with van der Waals surface area (Å²) in [5.41, 5.74) is 3.17. The highest BCUT2D eigenvalue weighted by molar-refractivity contribution is 8.00. The highest BCUT2D eigenvalue weighted by Crippen LogP contribution is 2.32. The molecule has 1 unspecified atom stereocenters. The van der Waals surface area contributed by atoms with E-state index in [0.717, 1.165) is 35.8 Å². The molecule has 0 saturated carbocycles. The summed E-state index contributed by atoms with van der Waals surface area (Å²) in [6, 6.07) is 15.8. The summed E-state index contributed by atoms with van der Waals surface area (Å²) in [5.74, 6) is 1.61. The zero-order chi connectivity index (χ0) is 21.1. The highest BCUT2D eigenvalue weighted by atomic mass is 32.2. The van der Waals surface area contributed by atoms with Gasteiger partial charge in [-0.1, -0.05) is 36.0 Å². The van der Waals surface area contributed by atoms with E-state index in [1.165, 1.54) is 17.3 Å². The van der Waals surface area contributed by atoms with Gasteiger partial charge in [0.15, 0.2) is 11.0 Å². The maximum atomic E-state index is 13.1. The van der Waals surface area contributed by atoms with Gasteiger partial charge in [-0.3, -0.25) is 9.36 Å². The van der Waals surface area contributed by atoms with Gasteiger partial charge in [0.1, 0.15) is 5.75 Å². The van der Waals surface area contributed by atoms with Crippen molar-refractivity contribution in [3.8, 4) is 17.1 Å². The second kappa shape index (κ2) is 8.75. The number of aromatic nitrogens is 3. The van der Waals surface area contributed by atoms with Gasteiger partial charge in [-0.25, -0.2) is 0 Å². The largest absolute Gasteiger partial charge is 0.497 e. The van der Waals surface area contributed by atoms with E-state index in [1.807, 2.05) is 64.9 Å². The molecule has 0 N–H and O–H groups in total. The van der Waals surface area contributed by atoms with Gasteiger partial charge in [0.25, 0.3) is 0 Å². The van der Waals surface area contributed by atoms with Crippen molar-refractivity contribution in [2.75, 3.05) is 18.6 Å². The quantitative estimate of drug-likeness (QED) is 0.423. The molecule has 0 fully saturated rings. The summed E-state index contributed by atoms with van der Waals surface area (Å²) in [5, 5.41) is 9.18. The lowest BCUT2D eigenvalue weighted by molar-refractivity contribution is -0.117. The Morgan fingerprint density at radius 1 is 1.23 bits per heavy atom. The second-order valence-corrected chi connectivity index (χ2v) is 8.37. The van der Waals surface area contributed by atoms with E-state index in [1.54, 1.807) is 7.11 Å². The Kier molecular flexibility index (Phi) is 5.90. The summed E-state index contributed by atoms with van der Waals surface area (Å²) in [4.78, 5) is 15.0.